The lowest BCUT2D eigenvalue weighted by molar-refractivity contribution is 0.0654. The first-order valence-electron chi connectivity index (χ1n) is 5.04. The van der Waals surface area contributed by atoms with Crippen molar-refractivity contribution in [3.8, 4) is 0 Å². The normalized spacial score (nSPS) is 14.8. The van der Waals surface area contributed by atoms with Gasteiger partial charge in [-0.3, -0.25) is 4.79 Å². The van der Waals surface area contributed by atoms with Gasteiger partial charge in [0, 0.05) is 16.8 Å². The summed E-state index contributed by atoms with van der Waals surface area (Å²) in [5.41, 5.74) is 1.87. The highest BCUT2D eigenvalue weighted by Crippen LogP contribution is 2.32. The second-order valence-electron chi connectivity index (χ2n) is 3.69. The summed E-state index contributed by atoms with van der Waals surface area (Å²) in [7, 11) is 0. The summed E-state index contributed by atoms with van der Waals surface area (Å²) in [4.78, 5) is 13.4. The summed E-state index contributed by atoms with van der Waals surface area (Å²) in [5, 5.41) is 18.2. The van der Waals surface area contributed by atoms with Gasteiger partial charge in [0.2, 0.25) is 0 Å². The molecule has 0 saturated carbocycles. The zero-order valence-electron chi connectivity index (χ0n) is 8.76. The summed E-state index contributed by atoms with van der Waals surface area (Å²) in [6.45, 7) is 3.26. The average molecular weight is 219 g/mol. The van der Waals surface area contributed by atoms with Crippen LogP contribution >= 0.6 is 0 Å². The number of nitrogens with zero attached hydrogens (tertiary/aromatic N) is 1. The Bertz CT molecular complexity index is 403. The van der Waals surface area contributed by atoms with Crippen LogP contribution < -0.4 is 0 Å². The van der Waals surface area contributed by atoms with Crippen molar-refractivity contribution in [2.75, 3.05) is 13.2 Å². The van der Waals surface area contributed by atoms with Crippen LogP contribution in [0, 0.1) is 0 Å². The van der Waals surface area contributed by atoms with Crippen LogP contribution in [0.1, 0.15) is 15.9 Å². The Labute approximate surface area is 93.4 Å². The van der Waals surface area contributed by atoms with E-state index in [9.17, 15) is 4.79 Å². The molecule has 2 N–H and O–H groups in total. The van der Waals surface area contributed by atoms with E-state index in [0.29, 0.717) is 11.3 Å². The van der Waals surface area contributed by atoms with E-state index < -0.39 is 6.04 Å². The third-order valence-electron chi connectivity index (χ3n) is 2.76. The number of aliphatic hydroxyl groups excluding tert-OH is 2. The highest BCUT2D eigenvalue weighted by atomic mass is 16.3. The summed E-state index contributed by atoms with van der Waals surface area (Å²) in [5.74, 6) is -0.214. The van der Waals surface area contributed by atoms with Gasteiger partial charge in [-0.2, -0.15) is 0 Å². The van der Waals surface area contributed by atoms with Gasteiger partial charge in [-0.25, -0.2) is 0 Å². The molecular weight excluding hydrogens is 206 g/mol. The standard InChI is InChI=1S/C12H13NO3/c1-8-10-4-2-3-5-11(10)12(16)13(8)9(6-14)7-15/h2-5,9,14-15H,1,6-7H2. The third-order valence-corrected chi connectivity index (χ3v) is 2.76. The zero-order valence-corrected chi connectivity index (χ0v) is 8.76. The molecular formula is C12H13NO3. The van der Waals surface area contributed by atoms with Crippen molar-refractivity contribution in [1.29, 1.82) is 0 Å². The predicted molar refractivity (Wildman–Crippen MR) is 59.6 cm³/mol. The van der Waals surface area contributed by atoms with Gasteiger partial charge in [0.25, 0.3) is 5.91 Å². The molecule has 4 heteroatoms. The van der Waals surface area contributed by atoms with Gasteiger partial charge in [0.1, 0.15) is 0 Å². The first kappa shape index (κ1) is 10.9. The van der Waals surface area contributed by atoms with E-state index in [2.05, 4.69) is 6.58 Å². The Morgan fingerprint density at radius 1 is 1.19 bits per heavy atom. The molecule has 0 atom stereocenters. The van der Waals surface area contributed by atoms with Crippen molar-refractivity contribution in [2.45, 2.75) is 6.04 Å². The lowest BCUT2D eigenvalue weighted by Crippen LogP contribution is -2.39. The molecule has 1 aliphatic heterocycles. The van der Waals surface area contributed by atoms with Gasteiger partial charge < -0.3 is 15.1 Å². The van der Waals surface area contributed by atoms with Crippen LogP contribution in [0.2, 0.25) is 0 Å². The Kier molecular flexibility index (Phi) is 2.77. The molecule has 1 heterocycles. The maximum atomic E-state index is 12.0. The topological polar surface area (TPSA) is 60.8 Å². The molecule has 1 amide bonds. The summed E-state index contributed by atoms with van der Waals surface area (Å²) in [6.07, 6.45) is 0. The summed E-state index contributed by atoms with van der Waals surface area (Å²) < 4.78 is 0. The van der Waals surface area contributed by atoms with Crippen LogP contribution in [0.4, 0.5) is 0 Å². The maximum absolute atomic E-state index is 12.0. The quantitative estimate of drug-likeness (QED) is 0.776. The van der Waals surface area contributed by atoms with Crippen LogP contribution in [-0.2, 0) is 0 Å². The fraction of sp³-hybridized carbons (Fsp3) is 0.250. The van der Waals surface area contributed by atoms with E-state index >= 15 is 0 Å². The molecule has 0 aliphatic carbocycles. The second-order valence-corrected chi connectivity index (χ2v) is 3.69. The monoisotopic (exact) mass is 219 g/mol. The lowest BCUT2D eigenvalue weighted by atomic mass is 10.1. The number of amides is 1. The van der Waals surface area contributed by atoms with E-state index in [1.54, 1.807) is 18.2 Å². The molecule has 0 aromatic heterocycles. The van der Waals surface area contributed by atoms with E-state index in [1.165, 1.54) is 4.90 Å². The Morgan fingerprint density at radius 2 is 1.75 bits per heavy atom. The van der Waals surface area contributed by atoms with Gasteiger partial charge in [0.05, 0.1) is 19.3 Å². The summed E-state index contributed by atoms with van der Waals surface area (Å²) in [6, 6.07) is 6.51. The highest BCUT2D eigenvalue weighted by molar-refractivity contribution is 6.09. The molecule has 0 radical (unpaired) electrons. The van der Waals surface area contributed by atoms with Gasteiger partial charge in [-0.1, -0.05) is 24.8 Å². The van der Waals surface area contributed by atoms with E-state index in [-0.39, 0.29) is 19.1 Å². The van der Waals surface area contributed by atoms with Gasteiger partial charge in [-0.15, -0.1) is 0 Å². The number of hydrogen-bond acceptors (Lipinski definition) is 3. The molecule has 0 unspecified atom stereocenters. The minimum atomic E-state index is -0.618. The average Bonchev–Trinajstić information content (AvgIpc) is 2.57. The van der Waals surface area contributed by atoms with E-state index in [0.717, 1.165) is 5.56 Å². The smallest absolute Gasteiger partial charge is 0.259 e. The van der Waals surface area contributed by atoms with Gasteiger partial charge in [0.15, 0.2) is 0 Å². The molecule has 1 aliphatic rings. The van der Waals surface area contributed by atoms with Crippen LogP contribution in [0.5, 0.6) is 0 Å². The van der Waals surface area contributed by atoms with Crippen LogP contribution in [0.25, 0.3) is 5.70 Å². The molecule has 1 aromatic carbocycles. The number of carbonyl (C=O) groups is 1. The minimum Gasteiger partial charge on any atom is -0.394 e. The summed E-state index contributed by atoms with van der Waals surface area (Å²) >= 11 is 0. The van der Waals surface area contributed by atoms with Crippen molar-refractivity contribution >= 4 is 11.6 Å². The maximum Gasteiger partial charge on any atom is 0.259 e. The molecule has 4 nitrogen and oxygen atoms in total. The Hall–Kier alpha value is -1.65. The first-order valence-corrected chi connectivity index (χ1v) is 5.04. The van der Waals surface area contributed by atoms with Gasteiger partial charge >= 0.3 is 0 Å². The number of fused-ring (bicyclic) bond motifs is 1. The van der Waals surface area contributed by atoms with Crippen molar-refractivity contribution in [2.24, 2.45) is 0 Å². The van der Waals surface area contributed by atoms with Crippen molar-refractivity contribution in [3.63, 3.8) is 0 Å². The fourth-order valence-corrected chi connectivity index (χ4v) is 1.91. The molecule has 84 valence electrons. The Balaban J connectivity index is 2.42. The molecule has 16 heavy (non-hydrogen) atoms. The molecule has 1 aromatic rings. The second kappa shape index (κ2) is 4.08. The third kappa shape index (κ3) is 1.43. The predicted octanol–water partition coefficient (Wildman–Crippen LogP) is 0.466. The van der Waals surface area contributed by atoms with Crippen LogP contribution in [0.3, 0.4) is 0 Å². The first-order chi connectivity index (χ1) is 7.70. The van der Waals surface area contributed by atoms with Crippen molar-refractivity contribution in [1.82, 2.24) is 4.90 Å². The fourth-order valence-electron chi connectivity index (χ4n) is 1.91. The SMILES string of the molecule is C=C1c2ccccc2C(=O)N1C(CO)CO. The van der Waals surface area contributed by atoms with Crippen LogP contribution in [0.15, 0.2) is 30.8 Å². The number of carbonyl (C=O) groups excluding carboxylic acids is 1. The molecule has 0 fully saturated rings. The molecule has 0 bridgehead atoms. The highest BCUT2D eigenvalue weighted by Gasteiger charge is 2.34. The lowest BCUT2D eigenvalue weighted by Gasteiger charge is -2.25. The number of rotatable bonds is 3. The van der Waals surface area contributed by atoms with Gasteiger partial charge in [-0.05, 0) is 6.07 Å². The number of aliphatic hydroxyl groups is 2. The van der Waals surface area contributed by atoms with Crippen molar-refractivity contribution < 1.29 is 15.0 Å². The number of hydrogen-bond donors (Lipinski definition) is 2. The number of benzene rings is 1. The zero-order chi connectivity index (χ0) is 11.7. The Morgan fingerprint density at radius 3 is 2.25 bits per heavy atom. The molecule has 0 spiro atoms. The van der Waals surface area contributed by atoms with Crippen molar-refractivity contribution in [3.05, 3.63) is 42.0 Å². The van der Waals surface area contributed by atoms with Crippen LogP contribution in [-0.4, -0.2) is 40.3 Å². The largest absolute Gasteiger partial charge is 0.394 e. The van der Waals surface area contributed by atoms with E-state index in [4.69, 9.17) is 10.2 Å². The minimum absolute atomic E-state index is 0.214. The van der Waals surface area contributed by atoms with E-state index in [1.807, 2.05) is 6.07 Å². The molecule has 0 saturated heterocycles. The molecule has 2 rings (SSSR count).